The van der Waals surface area contributed by atoms with E-state index in [9.17, 15) is 13.2 Å². The Morgan fingerprint density at radius 2 is 2.11 bits per heavy atom. The van der Waals surface area contributed by atoms with Crippen molar-refractivity contribution >= 4 is 56.0 Å². The Kier molecular flexibility index (Phi) is 5.09. The van der Waals surface area contributed by atoms with Crippen LogP contribution >= 0.6 is 23.3 Å². The van der Waals surface area contributed by atoms with Crippen molar-refractivity contribution < 1.29 is 13.2 Å². The van der Waals surface area contributed by atoms with E-state index < -0.39 is 22.0 Å². The smallest absolute Gasteiger partial charge is 0.246 e. The van der Waals surface area contributed by atoms with Crippen molar-refractivity contribution in [3.8, 4) is 0 Å². The number of rotatable bonds is 4. The Balaban J connectivity index is 1.64. The maximum Gasteiger partial charge on any atom is 0.246 e. The minimum absolute atomic E-state index is 0.0758. The number of amides is 1. The first-order valence-electron chi connectivity index (χ1n) is 8.68. The maximum absolute atomic E-state index is 13.3. The molecule has 1 atom stereocenters. The molecule has 2 heterocycles. The summed E-state index contributed by atoms with van der Waals surface area (Å²) in [5, 5.41) is 3.18. The molecule has 146 valence electrons. The van der Waals surface area contributed by atoms with Crippen molar-refractivity contribution in [1.29, 1.82) is 0 Å². The quantitative estimate of drug-likeness (QED) is 0.676. The lowest BCUT2D eigenvalue weighted by Gasteiger charge is -2.23. The van der Waals surface area contributed by atoms with Gasteiger partial charge < -0.3 is 5.32 Å². The van der Waals surface area contributed by atoms with E-state index in [0.29, 0.717) is 34.6 Å². The van der Waals surface area contributed by atoms with E-state index in [0.717, 1.165) is 17.3 Å². The third-order valence-electron chi connectivity index (χ3n) is 4.72. The number of hydrogen-bond donors (Lipinski definition) is 1. The number of fused-ring (bicyclic) bond motifs is 1. The number of nitrogens with zero attached hydrogens (tertiary/aromatic N) is 3. The molecule has 0 spiro atoms. The molecule has 1 N–H and O–H groups in total. The number of benzene rings is 2. The lowest BCUT2D eigenvalue weighted by molar-refractivity contribution is -0.119. The molecule has 3 aromatic rings. The molecule has 0 aliphatic carbocycles. The third-order valence-corrected chi connectivity index (χ3v) is 7.52. The van der Waals surface area contributed by atoms with Gasteiger partial charge in [0.1, 0.15) is 22.0 Å². The fraction of sp³-hybridized carbons (Fsp3) is 0.278. The third kappa shape index (κ3) is 3.39. The van der Waals surface area contributed by atoms with Gasteiger partial charge >= 0.3 is 0 Å². The second-order valence-corrected chi connectivity index (χ2v) is 9.43. The highest BCUT2D eigenvalue weighted by Gasteiger charge is 2.40. The number of halogens is 1. The van der Waals surface area contributed by atoms with Gasteiger partial charge in [0.2, 0.25) is 15.9 Å². The summed E-state index contributed by atoms with van der Waals surface area (Å²) in [5.41, 5.74) is 2.29. The molecular weight excluding hydrogens is 420 g/mol. The molecule has 1 amide bonds. The first kappa shape index (κ1) is 19.3. The van der Waals surface area contributed by atoms with Crippen molar-refractivity contribution in [3.63, 3.8) is 0 Å². The van der Waals surface area contributed by atoms with Crippen molar-refractivity contribution in [2.75, 3.05) is 11.9 Å². The van der Waals surface area contributed by atoms with Gasteiger partial charge in [0.15, 0.2) is 0 Å². The van der Waals surface area contributed by atoms with E-state index in [-0.39, 0.29) is 11.4 Å². The lowest BCUT2D eigenvalue weighted by Crippen LogP contribution is -2.43. The second kappa shape index (κ2) is 7.40. The first-order chi connectivity index (χ1) is 13.4. The molecule has 1 aliphatic rings. The van der Waals surface area contributed by atoms with Gasteiger partial charge in [0.05, 0.1) is 22.4 Å². The van der Waals surface area contributed by atoms with Gasteiger partial charge in [0, 0.05) is 6.54 Å². The Morgan fingerprint density at radius 1 is 1.29 bits per heavy atom. The molecule has 0 saturated carbocycles. The fourth-order valence-corrected chi connectivity index (χ4v) is 6.04. The predicted octanol–water partition coefficient (Wildman–Crippen LogP) is 3.44. The fourth-order valence-electron chi connectivity index (χ4n) is 3.34. The molecule has 4 rings (SSSR count). The van der Waals surface area contributed by atoms with E-state index in [4.69, 9.17) is 11.6 Å². The van der Waals surface area contributed by atoms with Crippen molar-refractivity contribution in [2.45, 2.75) is 30.7 Å². The highest BCUT2D eigenvalue weighted by molar-refractivity contribution is 7.89. The number of carbonyl (C=O) groups is 1. The average Bonchev–Trinajstić information content (AvgIpc) is 3.32. The largest absolute Gasteiger partial charge is 0.323 e. The normalized spacial score (nSPS) is 17.9. The van der Waals surface area contributed by atoms with Crippen LogP contribution in [0.3, 0.4) is 0 Å². The van der Waals surface area contributed by atoms with Crippen LogP contribution in [0.15, 0.2) is 41.3 Å². The van der Waals surface area contributed by atoms with Crippen molar-refractivity contribution in [1.82, 2.24) is 13.1 Å². The van der Waals surface area contributed by atoms with Crippen LogP contribution in [-0.2, 0) is 14.8 Å². The van der Waals surface area contributed by atoms with Crippen LogP contribution in [-0.4, -0.2) is 40.0 Å². The molecule has 28 heavy (non-hydrogen) atoms. The minimum Gasteiger partial charge on any atom is -0.323 e. The molecule has 0 bridgehead atoms. The first-order valence-corrected chi connectivity index (χ1v) is 11.2. The standard InChI is InChI=1S/C18H17ClN4O3S2/c1-11-7-8-13(12(19)10-11)20-18(24)15-5-3-9-23(15)28(25,26)16-6-2-4-14-17(16)22-27-21-14/h2,4,6-8,10,15H,3,5,9H2,1H3,(H,20,24)/t15-/m0/s1. The van der Waals surface area contributed by atoms with E-state index in [1.165, 1.54) is 10.4 Å². The van der Waals surface area contributed by atoms with E-state index in [1.807, 2.05) is 13.0 Å². The van der Waals surface area contributed by atoms with Gasteiger partial charge in [-0.3, -0.25) is 4.79 Å². The number of anilines is 1. The topological polar surface area (TPSA) is 92.3 Å². The SMILES string of the molecule is Cc1ccc(NC(=O)[C@@H]2CCCN2S(=O)(=O)c2cccc3nsnc23)c(Cl)c1. The summed E-state index contributed by atoms with van der Waals surface area (Å²) < 4.78 is 36.0. The van der Waals surface area contributed by atoms with Crippen LogP contribution < -0.4 is 5.32 Å². The van der Waals surface area contributed by atoms with E-state index in [2.05, 4.69) is 14.1 Å². The summed E-state index contributed by atoms with van der Waals surface area (Å²) in [5.74, 6) is -0.393. The van der Waals surface area contributed by atoms with E-state index in [1.54, 1.807) is 24.3 Å². The zero-order chi connectivity index (χ0) is 19.9. The van der Waals surface area contributed by atoms with Crippen LogP contribution in [0, 0.1) is 6.92 Å². The molecule has 7 nitrogen and oxygen atoms in total. The number of hydrogen-bond acceptors (Lipinski definition) is 6. The van der Waals surface area contributed by atoms with Gasteiger partial charge in [-0.2, -0.15) is 13.1 Å². The molecule has 0 radical (unpaired) electrons. The molecule has 1 aromatic heterocycles. The van der Waals surface area contributed by atoms with Crippen LogP contribution in [0.5, 0.6) is 0 Å². The number of aryl methyl sites for hydroxylation is 1. The second-order valence-electron chi connectivity index (χ2n) is 6.63. The monoisotopic (exact) mass is 436 g/mol. The van der Waals surface area contributed by atoms with Gasteiger partial charge in [-0.1, -0.05) is 23.7 Å². The van der Waals surface area contributed by atoms with Crippen LogP contribution in [0.2, 0.25) is 5.02 Å². The maximum atomic E-state index is 13.3. The Hall–Kier alpha value is -2.07. The van der Waals surface area contributed by atoms with E-state index >= 15 is 0 Å². The Bertz CT molecular complexity index is 1160. The molecule has 2 aromatic carbocycles. The molecule has 10 heteroatoms. The summed E-state index contributed by atoms with van der Waals surface area (Å²) in [7, 11) is -3.89. The molecule has 1 aliphatic heterocycles. The van der Waals surface area contributed by atoms with Gasteiger partial charge in [-0.15, -0.1) is 0 Å². The van der Waals surface area contributed by atoms with Crippen LogP contribution in [0.25, 0.3) is 11.0 Å². The zero-order valence-electron chi connectivity index (χ0n) is 14.9. The number of carbonyl (C=O) groups excluding carboxylic acids is 1. The molecule has 0 unspecified atom stereocenters. The Morgan fingerprint density at radius 3 is 2.89 bits per heavy atom. The Labute approximate surface area is 171 Å². The van der Waals surface area contributed by atoms with Crippen molar-refractivity contribution in [2.24, 2.45) is 0 Å². The lowest BCUT2D eigenvalue weighted by atomic mass is 10.2. The van der Waals surface area contributed by atoms with Crippen LogP contribution in [0.1, 0.15) is 18.4 Å². The summed E-state index contributed by atoms with van der Waals surface area (Å²) in [4.78, 5) is 12.9. The number of nitrogens with one attached hydrogen (secondary N) is 1. The summed E-state index contributed by atoms with van der Waals surface area (Å²) in [6.45, 7) is 2.17. The molecule has 1 fully saturated rings. The van der Waals surface area contributed by atoms with Gasteiger partial charge in [-0.05, 0) is 49.6 Å². The number of sulfonamides is 1. The summed E-state index contributed by atoms with van der Waals surface area (Å²) in [6, 6.07) is 9.34. The molecule has 1 saturated heterocycles. The van der Waals surface area contributed by atoms with Gasteiger partial charge in [0.25, 0.3) is 0 Å². The number of aromatic nitrogens is 2. The predicted molar refractivity (Wildman–Crippen MR) is 109 cm³/mol. The van der Waals surface area contributed by atoms with Crippen LogP contribution in [0.4, 0.5) is 5.69 Å². The summed E-state index contributed by atoms with van der Waals surface area (Å²) >= 11 is 7.16. The highest BCUT2D eigenvalue weighted by Crippen LogP contribution is 2.31. The zero-order valence-corrected chi connectivity index (χ0v) is 17.3. The van der Waals surface area contributed by atoms with Crippen molar-refractivity contribution in [3.05, 3.63) is 47.0 Å². The van der Waals surface area contributed by atoms with Gasteiger partial charge in [-0.25, -0.2) is 8.42 Å². The highest BCUT2D eigenvalue weighted by atomic mass is 35.5. The average molecular weight is 437 g/mol. The molecular formula is C18H17ClN4O3S2. The summed E-state index contributed by atoms with van der Waals surface area (Å²) in [6.07, 6.45) is 1.05. The minimum atomic E-state index is -3.89.